The molecule has 8 nitrogen and oxygen atoms in total. The summed E-state index contributed by atoms with van der Waals surface area (Å²) in [5, 5.41) is 15.2. The topological polar surface area (TPSA) is 108 Å². The number of non-ortho nitro benzene ring substituents is 1. The lowest BCUT2D eigenvalue weighted by Crippen LogP contribution is -2.67. The molecule has 1 fully saturated rings. The van der Waals surface area contributed by atoms with Gasteiger partial charge in [-0.3, -0.25) is 24.6 Å². The molecule has 2 N–H and O–H groups in total. The molecule has 6 rings (SSSR count). The van der Waals surface area contributed by atoms with Gasteiger partial charge in [-0.1, -0.05) is 66.7 Å². The van der Waals surface area contributed by atoms with Crippen LogP contribution in [-0.4, -0.2) is 51.0 Å². The maximum atomic E-state index is 14.6. The summed E-state index contributed by atoms with van der Waals surface area (Å²) in [5.74, 6) is -2.00. The molecule has 0 bridgehead atoms. The number of aromatic amines is 1. The van der Waals surface area contributed by atoms with Crippen molar-refractivity contribution >= 4 is 28.2 Å². The van der Waals surface area contributed by atoms with Gasteiger partial charge in [-0.05, 0) is 35.7 Å². The first-order valence-electron chi connectivity index (χ1n) is 15.4. The van der Waals surface area contributed by atoms with Gasteiger partial charge in [0.2, 0.25) is 0 Å². The molecule has 4 aromatic carbocycles. The molecule has 5 aromatic rings. The zero-order valence-corrected chi connectivity index (χ0v) is 26.0. The van der Waals surface area contributed by atoms with Gasteiger partial charge in [0.15, 0.2) is 11.6 Å². The summed E-state index contributed by atoms with van der Waals surface area (Å²) < 4.78 is 85.2. The number of hydrogen-bond donors (Lipinski definition) is 2. The Kier molecular flexibility index (Phi) is 9.33. The second-order valence-electron chi connectivity index (χ2n) is 12.0. The highest BCUT2D eigenvalue weighted by molar-refractivity contribution is 6.05. The third-order valence-electron chi connectivity index (χ3n) is 8.91. The first-order valence-corrected chi connectivity index (χ1v) is 15.4. The quantitative estimate of drug-likeness (QED) is 0.0711. The van der Waals surface area contributed by atoms with E-state index in [1.807, 2.05) is 18.2 Å². The Hall–Kier alpha value is -5.34. The molecule has 2 heterocycles. The summed E-state index contributed by atoms with van der Waals surface area (Å²) in [6.07, 6.45) is -8.04. The number of para-hydroxylation sites is 1. The predicted molar refractivity (Wildman–Crippen MR) is 172 cm³/mol. The van der Waals surface area contributed by atoms with Gasteiger partial charge in [0.25, 0.3) is 5.69 Å². The molecule has 0 aliphatic carbocycles. The summed E-state index contributed by atoms with van der Waals surface area (Å²) in [5.41, 5.74) is -2.19. The number of carbonyl (C=O) groups excluding carboxylic acids is 2. The number of fused-ring (bicyclic) bond motifs is 1. The van der Waals surface area contributed by atoms with E-state index in [0.29, 0.717) is 11.1 Å². The summed E-state index contributed by atoms with van der Waals surface area (Å²) in [6.45, 7) is -0.561. The fraction of sp³-hybridized carbons (Fsp3) is 0.222. The fourth-order valence-electron chi connectivity index (χ4n) is 6.59. The Morgan fingerprint density at radius 2 is 1.34 bits per heavy atom. The van der Waals surface area contributed by atoms with Crippen LogP contribution in [0.3, 0.4) is 0 Å². The number of benzene rings is 4. The van der Waals surface area contributed by atoms with Crippen molar-refractivity contribution < 1.29 is 40.9 Å². The van der Waals surface area contributed by atoms with Crippen molar-refractivity contribution in [1.29, 1.82) is 0 Å². The van der Waals surface area contributed by atoms with Crippen molar-refractivity contribution in [1.82, 2.24) is 15.2 Å². The lowest BCUT2D eigenvalue weighted by atomic mass is 9.84. The van der Waals surface area contributed by atoms with Gasteiger partial charge in [0, 0.05) is 59.5 Å². The predicted octanol–water partition coefficient (Wildman–Crippen LogP) is 7.63. The molecule has 1 aromatic heterocycles. The fourth-order valence-corrected chi connectivity index (χ4v) is 6.59. The van der Waals surface area contributed by atoms with Crippen molar-refractivity contribution in [2.45, 2.75) is 43.4 Å². The zero-order valence-electron chi connectivity index (χ0n) is 26.0. The van der Waals surface area contributed by atoms with Crippen LogP contribution in [0, 0.1) is 10.1 Å². The normalized spacial score (nSPS) is 18.6. The minimum absolute atomic E-state index is 0.0887. The zero-order chi connectivity index (χ0) is 35.8. The van der Waals surface area contributed by atoms with Gasteiger partial charge in [-0.25, -0.2) is 0 Å². The van der Waals surface area contributed by atoms with E-state index in [1.165, 1.54) is 41.3 Å². The summed E-state index contributed by atoms with van der Waals surface area (Å²) in [7, 11) is 0. The standard InChI is InChI=1S/C36H28F6N4O4/c37-35(38,39)27-10-4-1-8-25(27)33(47)31-19-44-30(17-22-18-43-29-12-6-3-7-24(22)29)32(34(48)26-9-2-5-11-28(26)36(40,41)42)45(31)20-21-13-15-23(16-14-21)46(49)50/h1-16,18,30-32,43-44H,17,19-20H2. The number of carbonyl (C=O) groups is 2. The molecule has 1 aliphatic heterocycles. The summed E-state index contributed by atoms with van der Waals surface area (Å²) in [6, 6.07) is 16.8. The Bertz CT molecular complexity index is 2060. The Morgan fingerprint density at radius 3 is 1.94 bits per heavy atom. The summed E-state index contributed by atoms with van der Waals surface area (Å²) in [4.78, 5) is 43.9. The second-order valence-corrected chi connectivity index (χ2v) is 12.0. The molecule has 50 heavy (non-hydrogen) atoms. The number of Topliss-reactive ketones (excluding diaryl/α,β-unsaturated/α-hetero) is 2. The van der Waals surface area contributed by atoms with E-state index in [1.54, 1.807) is 12.3 Å². The van der Waals surface area contributed by atoms with E-state index in [-0.39, 0.29) is 25.2 Å². The molecule has 3 unspecified atom stereocenters. The molecule has 0 radical (unpaired) electrons. The Balaban J connectivity index is 1.51. The molecule has 1 aliphatic rings. The van der Waals surface area contributed by atoms with Gasteiger partial charge >= 0.3 is 12.4 Å². The number of alkyl halides is 6. The number of nitro benzene ring substituents is 1. The van der Waals surface area contributed by atoms with Gasteiger partial charge in [-0.2, -0.15) is 26.3 Å². The van der Waals surface area contributed by atoms with Gasteiger partial charge in [-0.15, -0.1) is 0 Å². The van der Waals surface area contributed by atoms with Crippen LogP contribution in [0.5, 0.6) is 0 Å². The van der Waals surface area contributed by atoms with Crippen LogP contribution >= 0.6 is 0 Å². The van der Waals surface area contributed by atoms with Crippen LogP contribution < -0.4 is 5.32 Å². The Morgan fingerprint density at radius 1 is 0.780 bits per heavy atom. The second kappa shape index (κ2) is 13.5. The minimum atomic E-state index is -4.93. The lowest BCUT2D eigenvalue weighted by Gasteiger charge is -2.46. The molecule has 1 saturated heterocycles. The van der Waals surface area contributed by atoms with Crippen molar-refractivity contribution in [3.63, 3.8) is 0 Å². The number of nitrogens with zero attached hydrogens (tertiary/aromatic N) is 2. The van der Waals surface area contributed by atoms with E-state index in [9.17, 15) is 46.0 Å². The lowest BCUT2D eigenvalue weighted by molar-refractivity contribution is -0.384. The van der Waals surface area contributed by atoms with E-state index >= 15 is 0 Å². The van der Waals surface area contributed by atoms with Crippen LogP contribution in [-0.2, 0) is 25.3 Å². The number of rotatable bonds is 9. The number of halogens is 6. The van der Waals surface area contributed by atoms with Crippen molar-refractivity contribution in [2.75, 3.05) is 6.54 Å². The average Bonchev–Trinajstić information content (AvgIpc) is 3.50. The first-order chi connectivity index (χ1) is 23.7. The van der Waals surface area contributed by atoms with E-state index in [2.05, 4.69) is 10.3 Å². The maximum absolute atomic E-state index is 14.6. The van der Waals surface area contributed by atoms with E-state index in [4.69, 9.17) is 0 Å². The molecular formula is C36H28F6N4O4. The number of aromatic nitrogens is 1. The number of nitrogens with one attached hydrogen (secondary N) is 2. The molecule has 3 atom stereocenters. The average molecular weight is 695 g/mol. The minimum Gasteiger partial charge on any atom is -0.361 e. The van der Waals surface area contributed by atoms with Gasteiger partial charge < -0.3 is 10.3 Å². The summed E-state index contributed by atoms with van der Waals surface area (Å²) >= 11 is 0. The smallest absolute Gasteiger partial charge is 0.361 e. The van der Waals surface area contributed by atoms with Crippen LogP contribution in [0.2, 0.25) is 0 Å². The monoisotopic (exact) mass is 694 g/mol. The third-order valence-corrected chi connectivity index (χ3v) is 8.91. The third kappa shape index (κ3) is 6.89. The van der Waals surface area contributed by atoms with Crippen LogP contribution in [0.1, 0.15) is 43.0 Å². The number of H-pyrrole nitrogens is 1. The number of nitro groups is 1. The number of piperazine rings is 1. The molecule has 0 amide bonds. The van der Waals surface area contributed by atoms with Crippen LogP contribution in [0.4, 0.5) is 32.0 Å². The van der Waals surface area contributed by atoms with E-state index in [0.717, 1.165) is 47.3 Å². The van der Waals surface area contributed by atoms with E-state index < -0.39 is 69.2 Å². The van der Waals surface area contributed by atoms with Crippen LogP contribution in [0.15, 0.2) is 103 Å². The molecule has 0 spiro atoms. The molecule has 14 heteroatoms. The van der Waals surface area contributed by atoms with Gasteiger partial charge in [0.1, 0.15) is 0 Å². The largest absolute Gasteiger partial charge is 0.417 e. The number of hydrogen-bond acceptors (Lipinski definition) is 6. The van der Waals surface area contributed by atoms with Crippen molar-refractivity contribution in [3.8, 4) is 0 Å². The van der Waals surface area contributed by atoms with Crippen LogP contribution in [0.25, 0.3) is 10.9 Å². The highest BCUT2D eigenvalue weighted by atomic mass is 19.4. The molecule has 258 valence electrons. The SMILES string of the molecule is O=C(c1ccccc1C(F)(F)F)C1CNC(Cc2c[nH]c3ccccc23)C(C(=O)c2ccccc2C(F)(F)F)N1Cc1ccc([N+](=O)[O-])cc1. The van der Waals surface area contributed by atoms with Crippen molar-refractivity contribution in [3.05, 3.63) is 147 Å². The highest BCUT2D eigenvalue weighted by Crippen LogP contribution is 2.37. The molecular weight excluding hydrogens is 666 g/mol. The molecule has 0 saturated carbocycles. The number of ketones is 2. The first kappa shape index (κ1) is 34.5. The highest BCUT2D eigenvalue weighted by Gasteiger charge is 2.47. The van der Waals surface area contributed by atoms with Crippen molar-refractivity contribution in [2.24, 2.45) is 0 Å². The Labute approximate surface area is 280 Å². The maximum Gasteiger partial charge on any atom is 0.417 e. The van der Waals surface area contributed by atoms with Gasteiger partial charge in [0.05, 0.1) is 28.1 Å².